The fourth-order valence-corrected chi connectivity index (χ4v) is 4.54. The summed E-state index contributed by atoms with van der Waals surface area (Å²) >= 11 is 1.15. The second-order valence-electron chi connectivity index (χ2n) is 6.11. The van der Waals surface area contributed by atoms with Crippen LogP contribution in [0.2, 0.25) is 0 Å². The lowest BCUT2D eigenvalue weighted by Gasteiger charge is -2.34. The van der Waals surface area contributed by atoms with Gasteiger partial charge in [0.25, 0.3) is 5.91 Å². The molecule has 0 unspecified atom stereocenters. The van der Waals surface area contributed by atoms with E-state index in [9.17, 15) is 9.59 Å². The number of nitrogen functional groups attached to an aromatic ring is 1. The molecule has 6 heteroatoms. The Morgan fingerprint density at radius 3 is 2.76 bits per heavy atom. The summed E-state index contributed by atoms with van der Waals surface area (Å²) in [7, 11) is 0. The highest BCUT2D eigenvalue weighted by Gasteiger charge is 2.47. The number of carbonyl (C=O) groups is 2. The van der Waals surface area contributed by atoms with E-state index in [1.807, 2.05) is 0 Å². The quantitative estimate of drug-likeness (QED) is 0.888. The highest BCUT2D eigenvalue weighted by atomic mass is 32.1. The Hall–Kier alpha value is -1.87. The molecule has 1 heterocycles. The number of fused-ring (bicyclic) bond motifs is 1. The normalized spacial score (nSPS) is 24.4. The van der Waals surface area contributed by atoms with Crippen molar-refractivity contribution in [1.29, 1.82) is 5.26 Å². The largest absolute Gasteiger partial charge is 0.390 e. The van der Waals surface area contributed by atoms with Gasteiger partial charge in [-0.05, 0) is 30.7 Å². The average molecular weight is 303 g/mol. The number of primary amides is 1. The van der Waals surface area contributed by atoms with Crippen LogP contribution in [0.25, 0.3) is 0 Å². The molecule has 21 heavy (non-hydrogen) atoms. The van der Waals surface area contributed by atoms with Crippen LogP contribution in [0.15, 0.2) is 0 Å². The number of hydrogen-bond donors (Lipinski definition) is 2. The molecule has 1 atom stereocenters. The van der Waals surface area contributed by atoms with Gasteiger partial charge in [-0.15, -0.1) is 11.3 Å². The highest BCUT2D eigenvalue weighted by molar-refractivity contribution is 7.18. The number of nitriles is 1. The summed E-state index contributed by atoms with van der Waals surface area (Å²) in [5, 5.41) is 9.45. The Morgan fingerprint density at radius 2 is 2.19 bits per heavy atom. The van der Waals surface area contributed by atoms with Crippen molar-refractivity contribution in [2.45, 2.75) is 38.5 Å². The molecule has 110 valence electrons. The molecule has 0 bridgehead atoms. The van der Waals surface area contributed by atoms with Crippen LogP contribution < -0.4 is 11.5 Å². The van der Waals surface area contributed by atoms with Crippen molar-refractivity contribution >= 4 is 28.0 Å². The number of hydrogen-bond acceptors (Lipinski definition) is 5. The molecular weight excluding hydrogens is 286 g/mol. The maximum absolute atomic E-state index is 12.9. The van der Waals surface area contributed by atoms with Crippen molar-refractivity contribution in [3.63, 3.8) is 0 Å². The number of thiophene rings is 1. The van der Waals surface area contributed by atoms with Crippen LogP contribution in [-0.2, 0) is 6.42 Å². The molecule has 4 N–H and O–H groups in total. The van der Waals surface area contributed by atoms with E-state index < -0.39 is 11.3 Å². The Kier molecular flexibility index (Phi) is 3.25. The zero-order chi connectivity index (χ0) is 15.2. The van der Waals surface area contributed by atoms with Crippen LogP contribution in [0, 0.1) is 22.7 Å². The first-order chi connectivity index (χ1) is 9.98. The fraction of sp³-hybridized carbons (Fsp3) is 0.533. The summed E-state index contributed by atoms with van der Waals surface area (Å²) in [5.74, 6) is -0.0223. The van der Waals surface area contributed by atoms with Gasteiger partial charge in [-0.3, -0.25) is 9.59 Å². The first-order valence-electron chi connectivity index (χ1n) is 7.11. The molecule has 2 aliphatic carbocycles. The number of nitrogens with zero attached hydrogens (tertiary/aromatic N) is 1. The van der Waals surface area contributed by atoms with Gasteiger partial charge < -0.3 is 11.5 Å². The summed E-state index contributed by atoms with van der Waals surface area (Å²) in [6, 6.07) is 2.18. The SMILES string of the molecule is N#CC[C@@]1(CC2CC2)CCc2c(sc(N)c2C(N)=O)C1=O. The lowest BCUT2D eigenvalue weighted by Crippen LogP contribution is -2.36. The summed E-state index contributed by atoms with van der Waals surface area (Å²) in [6.45, 7) is 0. The Bertz CT molecular complexity index is 669. The molecule has 1 saturated carbocycles. The van der Waals surface area contributed by atoms with Crippen molar-refractivity contribution in [3.8, 4) is 6.07 Å². The summed E-state index contributed by atoms with van der Waals surface area (Å²) in [4.78, 5) is 25.0. The Labute approximate surface area is 126 Å². The number of anilines is 1. The summed E-state index contributed by atoms with van der Waals surface area (Å²) in [5.41, 5.74) is 11.6. The lowest BCUT2D eigenvalue weighted by atomic mass is 9.68. The first-order valence-corrected chi connectivity index (χ1v) is 7.93. The van der Waals surface area contributed by atoms with E-state index in [-0.39, 0.29) is 12.2 Å². The van der Waals surface area contributed by atoms with Crippen molar-refractivity contribution in [3.05, 3.63) is 16.0 Å². The van der Waals surface area contributed by atoms with Crippen LogP contribution in [0.1, 0.15) is 57.7 Å². The molecule has 1 amide bonds. The van der Waals surface area contributed by atoms with Gasteiger partial charge in [-0.25, -0.2) is 0 Å². The molecule has 0 aliphatic heterocycles. The molecule has 0 spiro atoms. The maximum Gasteiger partial charge on any atom is 0.251 e. The van der Waals surface area contributed by atoms with Crippen LogP contribution in [0.4, 0.5) is 5.00 Å². The van der Waals surface area contributed by atoms with Crippen molar-refractivity contribution in [2.24, 2.45) is 17.1 Å². The second kappa shape index (κ2) is 4.85. The Morgan fingerprint density at radius 1 is 1.48 bits per heavy atom. The third-order valence-electron chi connectivity index (χ3n) is 4.62. The molecule has 3 rings (SSSR count). The number of amides is 1. The molecule has 2 aliphatic rings. The van der Waals surface area contributed by atoms with Gasteiger partial charge in [0.15, 0.2) is 5.78 Å². The molecule has 0 radical (unpaired) electrons. The molecular formula is C15H17N3O2S. The zero-order valence-corrected chi connectivity index (χ0v) is 12.5. The molecule has 1 fully saturated rings. The topological polar surface area (TPSA) is 110 Å². The van der Waals surface area contributed by atoms with Crippen molar-refractivity contribution in [2.75, 3.05) is 5.73 Å². The molecule has 0 aromatic carbocycles. The van der Waals surface area contributed by atoms with Crippen LogP contribution in [0.5, 0.6) is 0 Å². The number of rotatable bonds is 4. The van der Waals surface area contributed by atoms with E-state index in [2.05, 4.69) is 6.07 Å². The van der Waals surface area contributed by atoms with Crippen LogP contribution >= 0.6 is 11.3 Å². The molecule has 1 aromatic rings. The first kappa shape index (κ1) is 14.1. The molecule has 0 saturated heterocycles. The van der Waals surface area contributed by atoms with Gasteiger partial charge in [0.2, 0.25) is 0 Å². The highest BCUT2D eigenvalue weighted by Crippen LogP contribution is 2.51. The maximum atomic E-state index is 12.9. The fourth-order valence-electron chi connectivity index (χ4n) is 3.36. The minimum absolute atomic E-state index is 0.0126. The van der Waals surface area contributed by atoms with Gasteiger partial charge in [0.05, 0.1) is 21.5 Å². The number of Topliss-reactive ketones (excluding diaryl/α,β-unsaturated/α-hetero) is 1. The number of carbonyl (C=O) groups excluding carboxylic acids is 2. The predicted molar refractivity (Wildman–Crippen MR) is 79.9 cm³/mol. The van der Waals surface area contributed by atoms with E-state index in [0.717, 1.165) is 30.6 Å². The van der Waals surface area contributed by atoms with E-state index in [1.165, 1.54) is 0 Å². The average Bonchev–Trinajstić information content (AvgIpc) is 3.15. The van der Waals surface area contributed by atoms with Crippen LogP contribution in [-0.4, -0.2) is 11.7 Å². The second-order valence-corrected chi connectivity index (χ2v) is 7.16. The van der Waals surface area contributed by atoms with Crippen molar-refractivity contribution in [1.82, 2.24) is 0 Å². The summed E-state index contributed by atoms with van der Waals surface area (Å²) < 4.78 is 0. The zero-order valence-electron chi connectivity index (χ0n) is 11.6. The van der Waals surface area contributed by atoms with Gasteiger partial charge in [0, 0.05) is 11.8 Å². The lowest BCUT2D eigenvalue weighted by molar-refractivity contribution is 0.0738. The molecule has 5 nitrogen and oxygen atoms in total. The molecule has 1 aromatic heterocycles. The minimum Gasteiger partial charge on any atom is -0.390 e. The smallest absolute Gasteiger partial charge is 0.251 e. The van der Waals surface area contributed by atoms with Gasteiger partial charge in [0.1, 0.15) is 0 Å². The summed E-state index contributed by atoms with van der Waals surface area (Å²) in [6.07, 6.45) is 4.52. The van der Waals surface area contributed by atoms with Gasteiger partial charge >= 0.3 is 0 Å². The van der Waals surface area contributed by atoms with Crippen molar-refractivity contribution < 1.29 is 9.59 Å². The van der Waals surface area contributed by atoms with Gasteiger partial charge in [-0.1, -0.05) is 12.8 Å². The minimum atomic E-state index is -0.588. The van der Waals surface area contributed by atoms with E-state index in [0.29, 0.717) is 39.8 Å². The number of nitrogens with two attached hydrogens (primary N) is 2. The number of ketones is 1. The van der Waals surface area contributed by atoms with Gasteiger partial charge in [-0.2, -0.15) is 5.26 Å². The third kappa shape index (κ3) is 2.22. The monoisotopic (exact) mass is 303 g/mol. The van der Waals surface area contributed by atoms with E-state index in [4.69, 9.17) is 16.7 Å². The standard InChI is InChI=1S/C15H17N3O2S/c16-6-5-15(7-8-1-2-8)4-3-9-10(13(17)20)14(18)21-11(9)12(15)19/h8H,1-5,7,18H2,(H2,17,20)/t15-/m1/s1. The van der Waals surface area contributed by atoms with Crippen LogP contribution in [0.3, 0.4) is 0 Å². The predicted octanol–water partition coefficient (Wildman–Crippen LogP) is 2.26. The van der Waals surface area contributed by atoms with E-state index in [1.54, 1.807) is 0 Å². The third-order valence-corrected chi connectivity index (χ3v) is 5.68. The van der Waals surface area contributed by atoms with E-state index >= 15 is 0 Å². The Balaban J connectivity index is 2.03.